The van der Waals surface area contributed by atoms with Crippen LogP contribution in [0.1, 0.15) is 47.5 Å². The molecule has 2 aromatic carbocycles. The Morgan fingerprint density at radius 3 is 2.38 bits per heavy atom. The Balaban J connectivity index is 1.27. The number of sulfone groups is 1. The number of carbonyl (C=O) groups excluding carboxylic acids is 2. The largest absolute Gasteiger partial charge is 0.497 e. The molecule has 8 nitrogen and oxygen atoms in total. The Kier molecular flexibility index (Phi) is 8.81. The van der Waals surface area contributed by atoms with Crippen LogP contribution in [0.3, 0.4) is 0 Å². The molecule has 2 fully saturated rings. The van der Waals surface area contributed by atoms with E-state index < -0.39 is 27.6 Å². The van der Waals surface area contributed by atoms with Crippen LogP contribution in [0.2, 0.25) is 0 Å². The zero-order valence-electron chi connectivity index (χ0n) is 21.0. The van der Waals surface area contributed by atoms with Crippen molar-refractivity contribution in [2.45, 2.75) is 43.7 Å². The summed E-state index contributed by atoms with van der Waals surface area (Å²) in [7, 11) is -1.48. The highest BCUT2D eigenvalue weighted by Crippen LogP contribution is 2.41. The fourth-order valence-electron chi connectivity index (χ4n) is 4.65. The van der Waals surface area contributed by atoms with Gasteiger partial charge in [-0.15, -0.1) is 0 Å². The van der Waals surface area contributed by atoms with Gasteiger partial charge in [0.1, 0.15) is 17.6 Å². The third-order valence-corrected chi connectivity index (χ3v) is 8.64. The van der Waals surface area contributed by atoms with Crippen LogP contribution >= 0.6 is 0 Å². The first-order valence-electron chi connectivity index (χ1n) is 12.7. The van der Waals surface area contributed by atoms with Gasteiger partial charge in [-0.25, -0.2) is 12.8 Å². The van der Waals surface area contributed by atoms with E-state index in [4.69, 9.17) is 4.74 Å². The number of rotatable bonds is 11. The topological polar surface area (TPSA) is 105 Å². The second-order valence-corrected chi connectivity index (χ2v) is 12.0. The molecule has 2 aromatic rings. The van der Waals surface area contributed by atoms with Crippen LogP contribution in [0, 0.1) is 5.82 Å². The van der Waals surface area contributed by atoms with Gasteiger partial charge in [0.05, 0.1) is 18.6 Å². The van der Waals surface area contributed by atoms with E-state index in [9.17, 15) is 22.4 Å². The molecule has 37 heavy (non-hydrogen) atoms. The van der Waals surface area contributed by atoms with Crippen molar-refractivity contribution in [3.63, 3.8) is 0 Å². The number of methoxy groups -OCH3 is 1. The zero-order valence-corrected chi connectivity index (χ0v) is 21.8. The molecule has 1 aliphatic carbocycles. The summed E-state index contributed by atoms with van der Waals surface area (Å²) in [5, 5.41) is 6.35. The molecular weight excluding hydrogens is 497 g/mol. The van der Waals surface area contributed by atoms with Crippen molar-refractivity contribution in [3.8, 4) is 5.75 Å². The molecule has 1 heterocycles. The van der Waals surface area contributed by atoms with Crippen molar-refractivity contribution in [2.24, 2.45) is 0 Å². The van der Waals surface area contributed by atoms with Crippen LogP contribution in [-0.2, 0) is 14.6 Å². The Bertz CT molecular complexity index is 1170. The predicted octanol–water partition coefficient (Wildman–Crippen LogP) is 2.51. The standard InChI is InChI=1S/C27H34FN3O5S/c1-36-22-11-7-19(8-12-22)23-18-25(23)29-13-3-2-4-24(27(33)31-14-16-37(34,35)17-15-31)30-26(32)20-5-9-21(28)10-6-20/h5-12,23-25,29H,2-4,13-18H2,1H3,(H,30,32)/t23-,24-,25?/m0/s1. The molecule has 2 aliphatic rings. The van der Waals surface area contributed by atoms with E-state index in [1.165, 1.54) is 34.7 Å². The summed E-state index contributed by atoms with van der Waals surface area (Å²) in [5.74, 6) is 0.00899. The number of unbranched alkanes of at least 4 members (excludes halogenated alkanes) is 1. The second-order valence-electron chi connectivity index (χ2n) is 9.68. The Morgan fingerprint density at radius 2 is 1.73 bits per heavy atom. The van der Waals surface area contributed by atoms with Gasteiger partial charge in [-0.1, -0.05) is 12.1 Å². The molecule has 0 spiro atoms. The van der Waals surface area contributed by atoms with Gasteiger partial charge in [0.25, 0.3) is 5.91 Å². The third-order valence-electron chi connectivity index (χ3n) is 7.03. The number of nitrogens with zero attached hydrogens (tertiary/aromatic N) is 1. The van der Waals surface area contributed by atoms with Gasteiger partial charge < -0.3 is 20.3 Å². The molecule has 2 N–H and O–H groups in total. The van der Waals surface area contributed by atoms with Crippen LogP contribution in [0.25, 0.3) is 0 Å². The van der Waals surface area contributed by atoms with Gasteiger partial charge in [0, 0.05) is 30.6 Å². The molecule has 1 aliphatic heterocycles. The molecule has 0 aromatic heterocycles. The summed E-state index contributed by atoms with van der Waals surface area (Å²) in [5.41, 5.74) is 1.55. The minimum absolute atomic E-state index is 0.0714. The zero-order chi connectivity index (χ0) is 26.4. The summed E-state index contributed by atoms with van der Waals surface area (Å²) >= 11 is 0. The van der Waals surface area contributed by atoms with Gasteiger partial charge >= 0.3 is 0 Å². The minimum Gasteiger partial charge on any atom is -0.497 e. The maximum absolute atomic E-state index is 13.2. The summed E-state index contributed by atoms with van der Waals surface area (Å²) in [6.45, 7) is 1.05. The molecule has 4 rings (SSSR count). The van der Waals surface area contributed by atoms with Crippen molar-refractivity contribution in [3.05, 3.63) is 65.5 Å². The lowest BCUT2D eigenvalue weighted by Crippen LogP contribution is -2.52. The van der Waals surface area contributed by atoms with Crippen molar-refractivity contribution < 1.29 is 27.1 Å². The van der Waals surface area contributed by atoms with E-state index in [2.05, 4.69) is 22.8 Å². The molecular formula is C27H34FN3O5S. The van der Waals surface area contributed by atoms with Crippen LogP contribution in [0.4, 0.5) is 4.39 Å². The lowest BCUT2D eigenvalue weighted by atomic mass is 10.1. The van der Waals surface area contributed by atoms with Crippen molar-refractivity contribution in [1.82, 2.24) is 15.5 Å². The van der Waals surface area contributed by atoms with Gasteiger partial charge in [0.2, 0.25) is 5.91 Å². The van der Waals surface area contributed by atoms with Crippen LogP contribution in [-0.4, -0.2) is 75.5 Å². The first kappa shape index (κ1) is 27.1. The number of amides is 2. The summed E-state index contributed by atoms with van der Waals surface area (Å²) in [4.78, 5) is 27.4. The van der Waals surface area contributed by atoms with Crippen molar-refractivity contribution in [1.29, 1.82) is 0 Å². The van der Waals surface area contributed by atoms with Crippen LogP contribution < -0.4 is 15.4 Å². The predicted molar refractivity (Wildman–Crippen MR) is 139 cm³/mol. The Morgan fingerprint density at radius 1 is 1.05 bits per heavy atom. The molecule has 0 radical (unpaired) electrons. The number of nitrogens with one attached hydrogen (secondary N) is 2. The monoisotopic (exact) mass is 531 g/mol. The Hall–Kier alpha value is -2.98. The fourth-order valence-corrected chi connectivity index (χ4v) is 5.86. The maximum Gasteiger partial charge on any atom is 0.251 e. The van der Waals surface area contributed by atoms with Crippen LogP contribution in [0.5, 0.6) is 5.75 Å². The van der Waals surface area contributed by atoms with E-state index in [1.54, 1.807) is 7.11 Å². The lowest BCUT2D eigenvalue weighted by Gasteiger charge is -2.30. The maximum atomic E-state index is 13.2. The molecule has 0 bridgehead atoms. The van der Waals surface area contributed by atoms with Crippen molar-refractivity contribution >= 4 is 21.7 Å². The average molecular weight is 532 g/mol. The van der Waals surface area contributed by atoms with Crippen molar-refractivity contribution in [2.75, 3.05) is 38.2 Å². The Labute approximate surface area is 217 Å². The molecule has 200 valence electrons. The van der Waals surface area contributed by atoms with E-state index in [0.29, 0.717) is 24.8 Å². The van der Waals surface area contributed by atoms with Gasteiger partial charge in [-0.05, 0) is 74.2 Å². The van der Waals surface area contributed by atoms with Crippen LogP contribution in [0.15, 0.2) is 48.5 Å². The number of halogens is 1. The van der Waals surface area contributed by atoms with E-state index in [-0.39, 0.29) is 36.1 Å². The summed E-state index contributed by atoms with van der Waals surface area (Å²) in [6, 6.07) is 12.9. The second kappa shape index (κ2) is 12.0. The SMILES string of the molecule is COc1ccc([C@@H]2CC2NCCCC[C@H](NC(=O)c2ccc(F)cc2)C(=O)N2CCS(=O)(=O)CC2)cc1. The van der Waals surface area contributed by atoms with Gasteiger partial charge in [-0.2, -0.15) is 0 Å². The lowest BCUT2D eigenvalue weighted by molar-refractivity contribution is -0.133. The molecule has 2 amide bonds. The number of carbonyl (C=O) groups is 2. The smallest absolute Gasteiger partial charge is 0.251 e. The van der Waals surface area contributed by atoms with Gasteiger partial charge in [0.15, 0.2) is 9.84 Å². The molecule has 1 unspecified atom stereocenters. The highest BCUT2D eigenvalue weighted by atomic mass is 32.2. The molecule has 3 atom stereocenters. The third kappa shape index (κ3) is 7.52. The summed E-state index contributed by atoms with van der Waals surface area (Å²) in [6.07, 6.45) is 3.05. The van der Waals surface area contributed by atoms with Gasteiger partial charge in [-0.3, -0.25) is 9.59 Å². The minimum atomic E-state index is -3.13. The van der Waals surface area contributed by atoms with E-state index in [0.717, 1.165) is 25.1 Å². The highest BCUT2D eigenvalue weighted by molar-refractivity contribution is 7.91. The first-order valence-corrected chi connectivity index (χ1v) is 14.5. The number of hydrogen-bond donors (Lipinski definition) is 2. The quantitative estimate of drug-likeness (QED) is 0.432. The molecule has 1 saturated carbocycles. The number of benzene rings is 2. The fraction of sp³-hybridized carbons (Fsp3) is 0.481. The highest BCUT2D eigenvalue weighted by Gasteiger charge is 2.37. The van der Waals surface area contributed by atoms with E-state index >= 15 is 0 Å². The molecule has 10 heteroatoms. The average Bonchev–Trinajstić information content (AvgIpc) is 3.67. The normalized spacial score (nSPS) is 21.2. The summed E-state index contributed by atoms with van der Waals surface area (Å²) < 4.78 is 42.0. The number of ether oxygens (including phenoxy) is 1. The molecule has 1 saturated heterocycles. The first-order chi connectivity index (χ1) is 17.8. The van der Waals surface area contributed by atoms with E-state index in [1.807, 2.05) is 12.1 Å². The number of hydrogen-bond acceptors (Lipinski definition) is 6.